The van der Waals surface area contributed by atoms with Gasteiger partial charge in [0.1, 0.15) is 5.75 Å². The summed E-state index contributed by atoms with van der Waals surface area (Å²) in [6.45, 7) is 1.27. The molecule has 0 unspecified atom stereocenters. The fourth-order valence-corrected chi connectivity index (χ4v) is 2.05. The van der Waals surface area contributed by atoms with Gasteiger partial charge >= 0.3 is 0 Å². The summed E-state index contributed by atoms with van der Waals surface area (Å²) in [5.74, 6) is 0.163. The van der Waals surface area contributed by atoms with Gasteiger partial charge in [0.25, 0.3) is 5.91 Å². The molecular formula is C14H18Cl2N4O2. The van der Waals surface area contributed by atoms with E-state index in [-0.39, 0.29) is 18.3 Å². The van der Waals surface area contributed by atoms with E-state index >= 15 is 0 Å². The molecule has 0 aliphatic rings. The Balaban J connectivity index is 0.00000242. The molecule has 2 aromatic rings. The number of amides is 1. The minimum atomic E-state index is -0.241. The van der Waals surface area contributed by atoms with Crippen LogP contribution in [0.1, 0.15) is 16.8 Å². The number of hydrogen-bond donors (Lipinski definition) is 2. The second kappa shape index (κ2) is 8.51. The maximum atomic E-state index is 12.1. The third kappa shape index (κ3) is 4.54. The summed E-state index contributed by atoms with van der Waals surface area (Å²) in [4.78, 5) is 12.1. The Kier molecular flexibility index (Phi) is 7.01. The van der Waals surface area contributed by atoms with Crippen molar-refractivity contribution in [1.29, 1.82) is 0 Å². The zero-order valence-corrected chi connectivity index (χ0v) is 13.7. The molecule has 3 N–H and O–H groups in total. The maximum absolute atomic E-state index is 12.1. The van der Waals surface area contributed by atoms with E-state index in [0.717, 1.165) is 13.0 Å². The van der Waals surface area contributed by atoms with Gasteiger partial charge < -0.3 is 15.8 Å². The largest absolute Gasteiger partial charge is 0.496 e. The first kappa shape index (κ1) is 18.1. The molecule has 8 heteroatoms. The lowest BCUT2D eigenvalue weighted by Crippen LogP contribution is -2.25. The quantitative estimate of drug-likeness (QED) is 0.622. The van der Waals surface area contributed by atoms with Crippen LogP contribution in [0.4, 0.5) is 5.69 Å². The van der Waals surface area contributed by atoms with Crippen LogP contribution in [0.15, 0.2) is 30.6 Å². The number of ether oxygens (including phenoxy) is 1. The van der Waals surface area contributed by atoms with Crippen molar-refractivity contribution in [2.24, 2.45) is 0 Å². The fraction of sp³-hybridized carbons (Fsp3) is 0.286. The van der Waals surface area contributed by atoms with Gasteiger partial charge in [0.05, 0.1) is 23.4 Å². The topological polar surface area (TPSA) is 82.2 Å². The predicted octanol–water partition coefficient (Wildman–Crippen LogP) is 2.37. The number of carbonyl (C=O) groups excluding carboxylic acids is 1. The van der Waals surface area contributed by atoms with E-state index in [9.17, 15) is 4.79 Å². The van der Waals surface area contributed by atoms with Crippen LogP contribution in [0.5, 0.6) is 5.75 Å². The van der Waals surface area contributed by atoms with Crippen molar-refractivity contribution in [3.05, 3.63) is 41.2 Å². The molecule has 1 aromatic heterocycles. The highest BCUT2D eigenvalue weighted by Crippen LogP contribution is 2.28. The van der Waals surface area contributed by atoms with Crippen molar-refractivity contribution in [3.8, 4) is 5.75 Å². The van der Waals surface area contributed by atoms with E-state index in [1.54, 1.807) is 12.3 Å². The average Bonchev–Trinajstić information content (AvgIpc) is 2.99. The zero-order valence-electron chi connectivity index (χ0n) is 12.1. The summed E-state index contributed by atoms with van der Waals surface area (Å²) in [5, 5.41) is 7.25. The van der Waals surface area contributed by atoms with Gasteiger partial charge in [0.2, 0.25) is 0 Å². The summed E-state index contributed by atoms with van der Waals surface area (Å²) in [5.41, 5.74) is 6.44. The molecule has 0 fully saturated rings. The number of nitrogens with zero attached hydrogens (tertiary/aromatic N) is 2. The Hall–Kier alpha value is -1.92. The van der Waals surface area contributed by atoms with Crippen molar-refractivity contribution < 1.29 is 9.53 Å². The third-order valence-electron chi connectivity index (χ3n) is 2.97. The normalized spacial score (nSPS) is 9.91. The Morgan fingerprint density at radius 3 is 2.91 bits per heavy atom. The number of aryl methyl sites for hydroxylation is 1. The SMILES string of the molecule is COc1cc(N)c(Cl)cc1C(=O)NCCCn1cccn1.Cl. The molecule has 0 aliphatic carbocycles. The van der Waals surface area contributed by atoms with E-state index in [0.29, 0.717) is 28.6 Å². The third-order valence-corrected chi connectivity index (χ3v) is 3.30. The van der Waals surface area contributed by atoms with Crippen LogP contribution in [0.3, 0.4) is 0 Å². The van der Waals surface area contributed by atoms with Crippen molar-refractivity contribution in [1.82, 2.24) is 15.1 Å². The fourth-order valence-electron chi connectivity index (χ4n) is 1.89. The highest BCUT2D eigenvalue weighted by Gasteiger charge is 2.14. The van der Waals surface area contributed by atoms with Crippen molar-refractivity contribution in [2.45, 2.75) is 13.0 Å². The minimum Gasteiger partial charge on any atom is -0.496 e. The number of nitrogen functional groups attached to an aromatic ring is 1. The van der Waals surface area contributed by atoms with Gasteiger partial charge in [0, 0.05) is 31.5 Å². The number of benzene rings is 1. The Bertz CT molecular complexity index is 618. The molecule has 0 atom stereocenters. The van der Waals surface area contributed by atoms with Gasteiger partial charge in [-0.05, 0) is 18.6 Å². The molecule has 0 bridgehead atoms. The van der Waals surface area contributed by atoms with Crippen LogP contribution < -0.4 is 15.8 Å². The van der Waals surface area contributed by atoms with E-state index < -0.39 is 0 Å². The Labute approximate surface area is 140 Å². The van der Waals surface area contributed by atoms with E-state index in [2.05, 4.69) is 10.4 Å². The number of anilines is 1. The monoisotopic (exact) mass is 344 g/mol. The van der Waals surface area contributed by atoms with Gasteiger partial charge in [-0.15, -0.1) is 12.4 Å². The Morgan fingerprint density at radius 2 is 2.27 bits per heavy atom. The summed E-state index contributed by atoms with van der Waals surface area (Å²) >= 11 is 5.94. The standard InChI is InChI=1S/C14H17ClN4O2.ClH/c1-21-13-9-12(16)11(15)8-10(13)14(20)17-4-2-6-19-7-3-5-18-19;/h3,5,7-9H,2,4,6,16H2,1H3,(H,17,20);1H. The number of carbonyl (C=O) groups is 1. The van der Waals surface area contributed by atoms with E-state index in [1.807, 2.05) is 16.9 Å². The first-order valence-corrected chi connectivity index (χ1v) is 6.88. The highest BCUT2D eigenvalue weighted by atomic mass is 35.5. The number of aromatic nitrogens is 2. The molecule has 0 saturated heterocycles. The first-order chi connectivity index (χ1) is 10.1. The molecule has 0 saturated carbocycles. The van der Waals surface area contributed by atoms with Crippen LogP contribution in [0, 0.1) is 0 Å². The molecule has 2 rings (SSSR count). The van der Waals surface area contributed by atoms with Gasteiger partial charge in [-0.1, -0.05) is 11.6 Å². The van der Waals surface area contributed by atoms with Gasteiger partial charge in [-0.2, -0.15) is 5.10 Å². The van der Waals surface area contributed by atoms with Gasteiger partial charge in [-0.3, -0.25) is 9.48 Å². The number of rotatable bonds is 6. The highest BCUT2D eigenvalue weighted by molar-refractivity contribution is 6.33. The number of nitrogens with one attached hydrogen (secondary N) is 1. The van der Waals surface area contributed by atoms with Gasteiger partial charge in [-0.25, -0.2) is 0 Å². The summed E-state index contributed by atoms with van der Waals surface area (Å²) in [7, 11) is 1.48. The average molecular weight is 345 g/mol. The molecule has 22 heavy (non-hydrogen) atoms. The molecule has 120 valence electrons. The van der Waals surface area contributed by atoms with Crippen LogP contribution in [0.25, 0.3) is 0 Å². The molecule has 6 nitrogen and oxygen atoms in total. The van der Waals surface area contributed by atoms with E-state index in [1.165, 1.54) is 13.2 Å². The summed E-state index contributed by atoms with van der Waals surface area (Å²) in [6, 6.07) is 4.92. The number of nitrogens with two attached hydrogens (primary N) is 1. The zero-order chi connectivity index (χ0) is 15.2. The molecule has 1 heterocycles. The van der Waals surface area contributed by atoms with Crippen molar-refractivity contribution in [2.75, 3.05) is 19.4 Å². The smallest absolute Gasteiger partial charge is 0.255 e. The van der Waals surface area contributed by atoms with Gasteiger partial charge in [0.15, 0.2) is 0 Å². The molecule has 0 aliphatic heterocycles. The first-order valence-electron chi connectivity index (χ1n) is 6.50. The molecule has 1 aromatic carbocycles. The molecule has 1 amide bonds. The number of methoxy groups -OCH3 is 1. The van der Waals surface area contributed by atoms with E-state index in [4.69, 9.17) is 22.1 Å². The molecule has 0 radical (unpaired) electrons. The number of halogens is 2. The number of hydrogen-bond acceptors (Lipinski definition) is 4. The van der Waals surface area contributed by atoms with Crippen LogP contribution in [0.2, 0.25) is 5.02 Å². The Morgan fingerprint density at radius 1 is 1.50 bits per heavy atom. The van der Waals surface area contributed by atoms with Crippen LogP contribution in [-0.2, 0) is 6.54 Å². The molecule has 0 spiro atoms. The minimum absolute atomic E-state index is 0. The second-order valence-electron chi connectivity index (χ2n) is 4.45. The van der Waals surface area contributed by atoms with Crippen LogP contribution in [-0.4, -0.2) is 29.3 Å². The summed E-state index contributed by atoms with van der Waals surface area (Å²) in [6.07, 6.45) is 4.38. The molecular weight excluding hydrogens is 327 g/mol. The van der Waals surface area contributed by atoms with Crippen molar-refractivity contribution >= 4 is 35.6 Å². The lowest BCUT2D eigenvalue weighted by Gasteiger charge is -2.11. The lowest BCUT2D eigenvalue weighted by molar-refractivity contribution is 0.0949. The second-order valence-corrected chi connectivity index (χ2v) is 4.86. The maximum Gasteiger partial charge on any atom is 0.255 e. The predicted molar refractivity (Wildman–Crippen MR) is 88.8 cm³/mol. The van der Waals surface area contributed by atoms with Crippen molar-refractivity contribution in [3.63, 3.8) is 0 Å². The van der Waals surface area contributed by atoms with Crippen LogP contribution >= 0.6 is 24.0 Å². The lowest BCUT2D eigenvalue weighted by atomic mass is 10.1. The summed E-state index contributed by atoms with van der Waals surface area (Å²) < 4.78 is 6.97.